The Balaban J connectivity index is 2.73. The molecule has 66 valence electrons. The second-order valence-electron chi connectivity index (χ2n) is 2.46. The average Bonchev–Trinajstić information content (AvgIpc) is 2.51. The molecule has 0 aromatic carbocycles. The van der Waals surface area contributed by atoms with Gasteiger partial charge in [0.25, 0.3) is 0 Å². The van der Waals surface area contributed by atoms with E-state index >= 15 is 0 Å². The van der Waals surface area contributed by atoms with Crippen LogP contribution >= 0.6 is 0 Å². The Hall–Kier alpha value is -1.29. The number of carboxylic acids is 1. The van der Waals surface area contributed by atoms with Gasteiger partial charge >= 0.3 is 5.97 Å². The van der Waals surface area contributed by atoms with Crippen LogP contribution < -0.4 is 5.32 Å². The fraction of sp³-hybridized carbons (Fsp3) is 0.375. The molecule has 0 saturated heterocycles. The van der Waals surface area contributed by atoms with E-state index in [2.05, 4.69) is 5.32 Å². The van der Waals surface area contributed by atoms with Crippen LogP contribution in [0.5, 0.6) is 0 Å². The summed E-state index contributed by atoms with van der Waals surface area (Å²) in [5.41, 5.74) is 0. The molecule has 1 heterocycles. The Morgan fingerprint density at radius 3 is 3.00 bits per heavy atom. The van der Waals surface area contributed by atoms with Crippen LogP contribution in [0.15, 0.2) is 22.8 Å². The van der Waals surface area contributed by atoms with Crippen LogP contribution in [0.1, 0.15) is 11.7 Å². The van der Waals surface area contributed by atoms with Crippen molar-refractivity contribution in [2.24, 2.45) is 0 Å². The highest BCUT2D eigenvalue weighted by Crippen LogP contribution is 2.15. The van der Waals surface area contributed by atoms with E-state index < -0.39 is 11.9 Å². The maximum absolute atomic E-state index is 10.7. The fourth-order valence-electron chi connectivity index (χ4n) is 1.00. The quantitative estimate of drug-likeness (QED) is 0.695. The normalized spacial score (nSPS) is 12.8. The van der Waals surface area contributed by atoms with Crippen molar-refractivity contribution < 1.29 is 14.3 Å². The molecule has 4 heteroatoms. The van der Waals surface area contributed by atoms with Gasteiger partial charge in [-0.15, -0.1) is 0 Å². The summed E-state index contributed by atoms with van der Waals surface area (Å²) >= 11 is 0. The minimum absolute atomic E-state index is 0.378. The number of nitrogens with one attached hydrogen (secondary N) is 1. The lowest BCUT2D eigenvalue weighted by Gasteiger charge is -2.07. The summed E-state index contributed by atoms with van der Waals surface area (Å²) in [6.07, 6.45) is 1.47. The molecule has 2 N–H and O–H groups in total. The highest BCUT2D eigenvalue weighted by molar-refractivity contribution is 5.75. The van der Waals surface area contributed by atoms with Crippen LogP contribution in [-0.2, 0) is 4.79 Å². The molecule has 4 nitrogen and oxygen atoms in total. The van der Waals surface area contributed by atoms with E-state index in [-0.39, 0.29) is 0 Å². The second-order valence-corrected chi connectivity index (χ2v) is 2.46. The van der Waals surface area contributed by atoms with Gasteiger partial charge in [-0.2, -0.15) is 0 Å². The van der Waals surface area contributed by atoms with E-state index in [0.29, 0.717) is 12.3 Å². The summed E-state index contributed by atoms with van der Waals surface area (Å²) < 4.78 is 4.99. The lowest BCUT2D eigenvalue weighted by molar-refractivity contribution is -0.139. The topological polar surface area (TPSA) is 62.5 Å². The van der Waals surface area contributed by atoms with Gasteiger partial charge in [0.1, 0.15) is 11.7 Å². The lowest BCUT2D eigenvalue weighted by Crippen LogP contribution is -2.23. The molecular formula is C8H11NO3. The molecule has 0 radical (unpaired) electrons. The van der Waals surface area contributed by atoms with Crippen LogP contribution in [0.25, 0.3) is 0 Å². The number of carboxylic acid groups (broad SMARTS) is 1. The van der Waals surface area contributed by atoms with Gasteiger partial charge in [-0.1, -0.05) is 0 Å². The van der Waals surface area contributed by atoms with E-state index in [4.69, 9.17) is 9.52 Å². The zero-order valence-electron chi connectivity index (χ0n) is 6.78. The second kappa shape index (κ2) is 3.92. The van der Waals surface area contributed by atoms with Crippen LogP contribution in [0.2, 0.25) is 0 Å². The molecule has 0 amide bonds. The van der Waals surface area contributed by atoms with Gasteiger partial charge in [0.05, 0.1) is 6.26 Å². The first-order valence-electron chi connectivity index (χ1n) is 3.66. The predicted molar refractivity (Wildman–Crippen MR) is 43.0 cm³/mol. The van der Waals surface area contributed by atoms with Crippen LogP contribution in [0.3, 0.4) is 0 Å². The van der Waals surface area contributed by atoms with Crippen molar-refractivity contribution in [3.63, 3.8) is 0 Å². The summed E-state index contributed by atoms with van der Waals surface area (Å²) in [5, 5.41) is 11.6. The van der Waals surface area contributed by atoms with E-state index in [9.17, 15) is 4.79 Å². The highest BCUT2D eigenvalue weighted by atomic mass is 16.4. The number of aliphatic carboxylic acids is 1. The number of rotatable bonds is 4. The Morgan fingerprint density at radius 1 is 1.83 bits per heavy atom. The molecule has 0 saturated carbocycles. The SMILES string of the molecule is CNCC(C(=O)O)c1ccco1. The van der Waals surface area contributed by atoms with Crippen molar-refractivity contribution in [2.75, 3.05) is 13.6 Å². The highest BCUT2D eigenvalue weighted by Gasteiger charge is 2.20. The van der Waals surface area contributed by atoms with E-state index in [1.807, 2.05) is 0 Å². The van der Waals surface area contributed by atoms with Gasteiger partial charge in [-0.25, -0.2) is 0 Å². The smallest absolute Gasteiger partial charge is 0.315 e. The minimum Gasteiger partial charge on any atom is -0.481 e. The van der Waals surface area contributed by atoms with Crippen molar-refractivity contribution in [3.05, 3.63) is 24.2 Å². The Kier molecular flexibility index (Phi) is 2.88. The van der Waals surface area contributed by atoms with Gasteiger partial charge in [0.2, 0.25) is 0 Å². The van der Waals surface area contributed by atoms with E-state index in [0.717, 1.165) is 0 Å². The fourth-order valence-corrected chi connectivity index (χ4v) is 1.00. The molecule has 0 aliphatic carbocycles. The summed E-state index contributed by atoms with van der Waals surface area (Å²) in [7, 11) is 1.71. The lowest BCUT2D eigenvalue weighted by atomic mass is 10.1. The summed E-state index contributed by atoms with van der Waals surface area (Å²) in [6.45, 7) is 0.378. The Morgan fingerprint density at radius 2 is 2.58 bits per heavy atom. The largest absolute Gasteiger partial charge is 0.481 e. The Labute approximate surface area is 70.2 Å². The average molecular weight is 169 g/mol. The number of hydrogen-bond acceptors (Lipinski definition) is 3. The molecule has 12 heavy (non-hydrogen) atoms. The van der Waals surface area contributed by atoms with Gasteiger partial charge in [0, 0.05) is 6.54 Å². The van der Waals surface area contributed by atoms with Gasteiger partial charge in [-0.05, 0) is 19.2 Å². The zero-order chi connectivity index (χ0) is 8.97. The van der Waals surface area contributed by atoms with Crippen LogP contribution in [0, 0.1) is 0 Å². The van der Waals surface area contributed by atoms with Crippen LogP contribution in [-0.4, -0.2) is 24.7 Å². The maximum Gasteiger partial charge on any atom is 0.315 e. The first-order chi connectivity index (χ1) is 5.75. The number of carbonyl (C=O) groups is 1. The zero-order valence-corrected chi connectivity index (χ0v) is 6.78. The summed E-state index contributed by atoms with van der Waals surface area (Å²) in [5.74, 6) is -0.985. The predicted octanol–water partition coefficient (Wildman–Crippen LogP) is 0.667. The minimum atomic E-state index is -0.876. The molecule has 1 aromatic heterocycles. The third kappa shape index (κ3) is 1.85. The third-order valence-corrected chi connectivity index (χ3v) is 1.59. The van der Waals surface area contributed by atoms with E-state index in [1.54, 1.807) is 19.2 Å². The maximum atomic E-state index is 10.7. The molecule has 1 unspecified atom stereocenters. The van der Waals surface area contributed by atoms with Crippen molar-refractivity contribution in [2.45, 2.75) is 5.92 Å². The first-order valence-corrected chi connectivity index (χ1v) is 3.66. The molecule has 1 atom stereocenters. The standard InChI is InChI=1S/C8H11NO3/c1-9-5-6(8(10)11)7-3-2-4-12-7/h2-4,6,9H,5H2,1H3,(H,10,11). The van der Waals surface area contributed by atoms with Crippen molar-refractivity contribution in [1.82, 2.24) is 5.32 Å². The first kappa shape index (κ1) is 8.80. The third-order valence-electron chi connectivity index (χ3n) is 1.59. The monoisotopic (exact) mass is 169 g/mol. The number of furan rings is 1. The molecule has 0 fully saturated rings. The molecule has 1 aromatic rings. The summed E-state index contributed by atoms with van der Waals surface area (Å²) in [4.78, 5) is 10.7. The molecule has 1 rings (SSSR count). The number of hydrogen-bond donors (Lipinski definition) is 2. The molecule has 0 spiro atoms. The molecule has 0 aliphatic heterocycles. The van der Waals surface area contributed by atoms with Crippen molar-refractivity contribution in [1.29, 1.82) is 0 Å². The van der Waals surface area contributed by atoms with Crippen molar-refractivity contribution >= 4 is 5.97 Å². The molecule has 0 bridgehead atoms. The van der Waals surface area contributed by atoms with Gasteiger partial charge in [-0.3, -0.25) is 4.79 Å². The molecule has 0 aliphatic rings. The van der Waals surface area contributed by atoms with Crippen molar-refractivity contribution in [3.8, 4) is 0 Å². The molecular weight excluding hydrogens is 158 g/mol. The number of likely N-dealkylation sites (N-methyl/N-ethyl adjacent to an activating group) is 1. The van der Waals surface area contributed by atoms with E-state index in [1.165, 1.54) is 6.26 Å². The van der Waals surface area contributed by atoms with Crippen LogP contribution in [0.4, 0.5) is 0 Å². The van der Waals surface area contributed by atoms with Gasteiger partial charge in [0.15, 0.2) is 0 Å². The van der Waals surface area contributed by atoms with Gasteiger partial charge < -0.3 is 14.8 Å². The summed E-state index contributed by atoms with van der Waals surface area (Å²) in [6, 6.07) is 3.34. The Bertz CT molecular complexity index is 243.